The summed E-state index contributed by atoms with van der Waals surface area (Å²) in [7, 11) is 0. The third-order valence-electron chi connectivity index (χ3n) is 4.31. The smallest absolute Gasteiger partial charge is 0.196 e. The average Bonchev–Trinajstić information content (AvgIpc) is 3.17. The number of halogens is 3. The van der Waals surface area contributed by atoms with E-state index in [1.165, 1.54) is 11.8 Å². The van der Waals surface area contributed by atoms with Crippen molar-refractivity contribution in [3.63, 3.8) is 0 Å². The van der Waals surface area contributed by atoms with Crippen molar-refractivity contribution in [3.05, 3.63) is 92.9 Å². The fourth-order valence-corrected chi connectivity index (χ4v) is 4.55. The number of ketones is 1. The largest absolute Gasteiger partial charge is 0.293 e. The Labute approximate surface area is 196 Å². The number of aromatic nitrogens is 3. The van der Waals surface area contributed by atoms with Gasteiger partial charge in [-0.25, -0.2) is 0 Å². The van der Waals surface area contributed by atoms with Crippen LogP contribution in [0.25, 0.3) is 17.1 Å². The minimum Gasteiger partial charge on any atom is -0.293 e. The number of benzene rings is 3. The number of hydrogen-bond acceptors (Lipinski definition) is 4. The Bertz CT molecular complexity index is 1210. The highest BCUT2D eigenvalue weighted by Gasteiger charge is 2.18. The topological polar surface area (TPSA) is 47.8 Å². The van der Waals surface area contributed by atoms with Gasteiger partial charge in [-0.05, 0) is 42.5 Å². The second kappa shape index (κ2) is 9.35. The molecular formula is C22H14BrCl2N3OS. The van der Waals surface area contributed by atoms with Gasteiger partial charge in [-0.3, -0.25) is 9.36 Å². The molecule has 30 heavy (non-hydrogen) atoms. The first-order chi connectivity index (χ1) is 14.5. The van der Waals surface area contributed by atoms with Gasteiger partial charge in [0.05, 0.1) is 5.75 Å². The van der Waals surface area contributed by atoms with Gasteiger partial charge in [-0.1, -0.05) is 81.2 Å². The zero-order valence-corrected chi connectivity index (χ0v) is 19.3. The standard InChI is InChI=1S/C22H14BrCl2N3OS/c23-19-7-2-1-6-18(19)20(29)13-30-22-27-26-21(14-4-3-5-16(25)12-14)28(22)17-10-8-15(24)9-11-17/h1-12H,13H2. The number of rotatable bonds is 6. The van der Waals surface area contributed by atoms with Crippen LogP contribution in [-0.4, -0.2) is 26.3 Å². The minimum atomic E-state index is 0.00226. The van der Waals surface area contributed by atoms with E-state index in [-0.39, 0.29) is 11.5 Å². The Balaban J connectivity index is 1.70. The summed E-state index contributed by atoms with van der Waals surface area (Å²) < 4.78 is 2.68. The van der Waals surface area contributed by atoms with Crippen LogP contribution in [0.3, 0.4) is 0 Å². The fourth-order valence-electron chi connectivity index (χ4n) is 2.90. The third kappa shape index (κ3) is 4.62. The number of carbonyl (C=O) groups excluding carboxylic acids is 1. The summed E-state index contributed by atoms with van der Waals surface area (Å²) >= 11 is 17.0. The molecule has 4 aromatic rings. The lowest BCUT2D eigenvalue weighted by molar-refractivity contribution is 0.102. The van der Waals surface area contributed by atoms with E-state index in [9.17, 15) is 4.79 Å². The number of hydrogen-bond donors (Lipinski definition) is 0. The van der Waals surface area contributed by atoms with Crippen molar-refractivity contribution in [2.75, 3.05) is 5.75 Å². The number of thioether (sulfide) groups is 1. The van der Waals surface area contributed by atoms with Crippen LogP contribution in [0.1, 0.15) is 10.4 Å². The predicted octanol–water partition coefficient (Wildman–Crippen LogP) is 6.98. The van der Waals surface area contributed by atoms with Crippen LogP contribution in [-0.2, 0) is 0 Å². The van der Waals surface area contributed by atoms with Gasteiger partial charge < -0.3 is 0 Å². The summed E-state index contributed by atoms with van der Waals surface area (Å²) in [6.45, 7) is 0. The van der Waals surface area contributed by atoms with Crippen molar-refractivity contribution in [3.8, 4) is 17.1 Å². The quantitative estimate of drug-likeness (QED) is 0.204. The monoisotopic (exact) mass is 517 g/mol. The van der Waals surface area contributed by atoms with E-state index in [2.05, 4.69) is 26.1 Å². The van der Waals surface area contributed by atoms with Crippen molar-refractivity contribution in [1.82, 2.24) is 14.8 Å². The van der Waals surface area contributed by atoms with E-state index in [0.29, 0.717) is 26.6 Å². The molecule has 0 atom stereocenters. The lowest BCUT2D eigenvalue weighted by Crippen LogP contribution is -2.05. The molecule has 0 unspecified atom stereocenters. The fraction of sp³-hybridized carbons (Fsp3) is 0.0455. The molecule has 0 aliphatic carbocycles. The molecule has 0 amide bonds. The van der Waals surface area contributed by atoms with Crippen molar-refractivity contribution in [2.45, 2.75) is 5.16 Å². The summed E-state index contributed by atoms with van der Waals surface area (Å²) in [6.07, 6.45) is 0. The summed E-state index contributed by atoms with van der Waals surface area (Å²) in [5, 5.41) is 10.6. The molecule has 0 bridgehead atoms. The molecule has 0 aliphatic rings. The highest BCUT2D eigenvalue weighted by atomic mass is 79.9. The molecule has 0 radical (unpaired) electrons. The maximum Gasteiger partial charge on any atom is 0.196 e. The SMILES string of the molecule is O=C(CSc1nnc(-c2cccc(Cl)c2)n1-c1ccc(Cl)cc1)c1ccccc1Br. The van der Waals surface area contributed by atoms with Gasteiger partial charge in [0.2, 0.25) is 0 Å². The molecule has 1 heterocycles. The molecule has 0 aliphatic heterocycles. The van der Waals surface area contributed by atoms with Crippen LogP contribution < -0.4 is 0 Å². The lowest BCUT2D eigenvalue weighted by Gasteiger charge is -2.11. The predicted molar refractivity (Wildman–Crippen MR) is 126 cm³/mol. The van der Waals surface area contributed by atoms with Gasteiger partial charge in [0.1, 0.15) is 0 Å². The van der Waals surface area contributed by atoms with E-state index in [4.69, 9.17) is 23.2 Å². The number of nitrogens with zero attached hydrogens (tertiary/aromatic N) is 3. The van der Waals surface area contributed by atoms with Gasteiger partial charge in [-0.2, -0.15) is 0 Å². The van der Waals surface area contributed by atoms with Crippen LogP contribution in [0.2, 0.25) is 10.0 Å². The maximum absolute atomic E-state index is 12.7. The summed E-state index contributed by atoms with van der Waals surface area (Å²) in [4.78, 5) is 12.7. The van der Waals surface area contributed by atoms with Gasteiger partial charge >= 0.3 is 0 Å². The molecule has 4 rings (SSSR count). The van der Waals surface area contributed by atoms with Crippen molar-refractivity contribution in [2.24, 2.45) is 0 Å². The van der Waals surface area contributed by atoms with Crippen LogP contribution in [0.4, 0.5) is 0 Å². The van der Waals surface area contributed by atoms with Gasteiger partial charge in [0.25, 0.3) is 0 Å². The minimum absolute atomic E-state index is 0.00226. The van der Waals surface area contributed by atoms with Crippen LogP contribution in [0.5, 0.6) is 0 Å². The van der Waals surface area contributed by atoms with E-state index >= 15 is 0 Å². The molecule has 1 aromatic heterocycles. The molecular weight excluding hydrogens is 505 g/mol. The molecule has 150 valence electrons. The summed E-state index contributed by atoms with van der Waals surface area (Å²) in [5.41, 5.74) is 2.31. The zero-order chi connectivity index (χ0) is 21.1. The molecule has 4 nitrogen and oxygen atoms in total. The first-order valence-corrected chi connectivity index (χ1v) is 11.4. The van der Waals surface area contributed by atoms with E-state index < -0.39 is 0 Å². The Morgan fingerprint density at radius 3 is 2.43 bits per heavy atom. The normalized spacial score (nSPS) is 10.9. The van der Waals surface area contributed by atoms with Crippen molar-refractivity contribution in [1.29, 1.82) is 0 Å². The van der Waals surface area contributed by atoms with Crippen molar-refractivity contribution >= 4 is 56.7 Å². The maximum atomic E-state index is 12.7. The van der Waals surface area contributed by atoms with E-state index in [0.717, 1.165) is 15.7 Å². The Morgan fingerprint density at radius 1 is 0.933 bits per heavy atom. The van der Waals surface area contributed by atoms with Gasteiger partial charge in [0, 0.05) is 31.3 Å². The van der Waals surface area contributed by atoms with E-state index in [1.807, 2.05) is 53.1 Å². The second-order valence-electron chi connectivity index (χ2n) is 6.32. The molecule has 0 N–H and O–H groups in total. The highest BCUT2D eigenvalue weighted by molar-refractivity contribution is 9.10. The Hall–Kier alpha value is -2.12. The van der Waals surface area contributed by atoms with Gasteiger partial charge in [-0.15, -0.1) is 10.2 Å². The molecule has 0 saturated carbocycles. The Morgan fingerprint density at radius 2 is 1.70 bits per heavy atom. The molecule has 0 spiro atoms. The average molecular weight is 519 g/mol. The molecule has 8 heteroatoms. The highest BCUT2D eigenvalue weighted by Crippen LogP contribution is 2.30. The first-order valence-electron chi connectivity index (χ1n) is 8.91. The molecule has 3 aromatic carbocycles. The zero-order valence-electron chi connectivity index (χ0n) is 15.4. The summed E-state index contributed by atoms with van der Waals surface area (Å²) in [6, 6.07) is 22.2. The Kier molecular flexibility index (Phi) is 6.58. The number of Topliss-reactive ketones (excluding diaryl/α,β-unsaturated/α-hetero) is 1. The van der Waals surface area contributed by atoms with Gasteiger partial charge in [0.15, 0.2) is 16.8 Å². The lowest BCUT2D eigenvalue weighted by atomic mass is 10.1. The van der Waals surface area contributed by atoms with Crippen LogP contribution in [0, 0.1) is 0 Å². The van der Waals surface area contributed by atoms with E-state index in [1.54, 1.807) is 24.3 Å². The van der Waals surface area contributed by atoms with Crippen LogP contribution in [0.15, 0.2) is 82.4 Å². The number of carbonyl (C=O) groups is 1. The molecule has 0 fully saturated rings. The summed E-state index contributed by atoms with van der Waals surface area (Å²) in [5.74, 6) is 0.863. The van der Waals surface area contributed by atoms with Crippen LogP contribution >= 0.6 is 50.9 Å². The first kappa shape index (κ1) is 21.1. The molecule has 0 saturated heterocycles. The third-order valence-corrected chi connectivity index (χ3v) is 6.42. The van der Waals surface area contributed by atoms with Crippen molar-refractivity contribution < 1.29 is 4.79 Å². The second-order valence-corrected chi connectivity index (χ2v) is 8.99.